The standard InChI is InChI=1S/C31H33N3O4S/c1-23-11-7-8-16-27(23)21-34(29(31(36)32-2)19-24-12-5-4-6-13-24)30(35)22-33(3)39(37,38)28-18-17-25-14-9-10-15-26(25)20-28/h4-18,20,29H,19,21-22H2,1-3H3,(H,32,36). The van der Waals surface area contributed by atoms with E-state index >= 15 is 0 Å². The van der Waals surface area contributed by atoms with Crippen LogP contribution in [-0.2, 0) is 32.6 Å². The summed E-state index contributed by atoms with van der Waals surface area (Å²) in [5, 5.41) is 4.40. The van der Waals surface area contributed by atoms with E-state index in [1.165, 1.54) is 19.0 Å². The minimum absolute atomic E-state index is 0.106. The molecule has 0 aliphatic carbocycles. The van der Waals surface area contributed by atoms with Crippen LogP contribution in [0.5, 0.6) is 0 Å². The number of carbonyl (C=O) groups is 2. The maximum atomic E-state index is 13.9. The molecule has 39 heavy (non-hydrogen) atoms. The van der Waals surface area contributed by atoms with E-state index in [-0.39, 0.29) is 17.3 Å². The second kappa shape index (κ2) is 12.2. The lowest BCUT2D eigenvalue weighted by Crippen LogP contribution is -2.52. The van der Waals surface area contributed by atoms with Crippen LogP contribution in [0.2, 0.25) is 0 Å². The van der Waals surface area contributed by atoms with E-state index in [1.54, 1.807) is 18.2 Å². The van der Waals surface area contributed by atoms with Gasteiger partial charge in [-0.2, -0.15) is 4.31 Å². The van der Waals surface area contributed by atoms with Gasteiger partial charge in [0.2, 0.25) is 21.8 Å². The van der Waals surface area contributed by atoms with Gasteiger partial charge in [-0.25, -0.2) is 8.42 Å². The molecule has 0 aliphatic heterocycles. The van der Waals surface area contributed by atoms with Crippen LogP contribution < -0.4 is 5.32 Å². The molecule has 202 valence electrons. The topological polar surface area (TPSA) is 86.8 Å². The van der Waals surface area contributed by atoms with Crippen molar-refractivity contribution in [1.82, 2.24) is 14.5 Å². The van der Waals surface area contributed by atoms with Crippen LogP contribution in [0.1, 0.15) is 16.7 Å². The van der Waals surface area contributed by atoms with Gasteiger partial charge in [0.1, 0.15) is 6.04 Å². The number of rotatable bonds is 10. The number of likely N-dealkylation sites (N-methyl/N-ethyl adjacent to an activating group) is 2. The summed E-state index contributed by atoms with van der Waals surface area (Å²) in [5.41, 5.74) is 2.75. The van der Waals surface area contributed by atoms with Gasteiger partial charge in [0.05, 0.1) is 11.4 Å². The van der Waals surface area contributed by atoms with Gasteiger partial charge in [-0.1, -0.05) is 84.9 Å². The molecule has 0 fully saturated rings. The Kier molecular flexibility index (Phi) is 8.79. The van der Waals surface area contributed by atoms with Crippen molar-refractivity contribution in [2.75, 3.05) is 20.6 Å². The van der Waals surface area contributed by atoms with E-state index in [9.17, 15) is 18.0 Å². The molecule has 0 spiro atoms. The molecular formula is C31H33N3O4S. The van der Waals surface area contributed by atoms with Gasteiger partial charge in [-0.3, -0.25) is 9.59 Å². The molecule has 2 amide bonds. The lowest BCUT2D eigenvalue weighted by molar-refractivity contribution is -0.141. The number of hydrogen-bond acceptors (Lipinski definition) is 4. The van der Waals surface area contributed by atoms with Crippen LogP contribution >= 0.6 is 0 Å². The van der Waals surface area contributed by atoms with Gasteiger partial charge in [0.15, 0.2) is 0 Å². The Morgan fingerprint density at radius 2 is 1.49 bits per heavy atom. The molecule has 0 aromatic heterocycles. The Labute approximate surface area is 230 Å². The van der Waals surface area contributed by atoms with E-state index in [4.69, 9.17) is 0 Å². The predicted octanol–water partition coefficient (Wildman–Crippen LogP) is 4.15. The first-order chi connectivity index (χ1) is 18.7. The zero-order valence-electron chi connectivity index (χ0n) is 22.4. The van der Waals surface area contributed by atoms with Crippen LogP contribution in [0, 0.1) is 6.92 Å². The highest BCUT2D eigenvalue weighted by Crippen LogP contribution is 2.22. The molecular weight excluding hydrogens is 510 g/mol. The van der Waals surface area contributed by atoms with Crippen LogP contribution in [-0.4, -0.2) is 56.1 Å². The van der Waals surface area contributed by atoms with Crippen molar-refractivity contribution in [3.8, 4) is 0 Å². The molecule has 8 heteroatoms. The fraction of sp³-hybridized carbons (Fsp3) is 0.226. The van der Waals surface area contributed by atoms with Gasteiger partial charge >= 0.3 is 0 Å². The highest BCUT2D eigenvalue weighted by atomic mass is 32.2. The highest BCUT2D eigenvalue weighted by Gasteiger charge is 2.32. The molecule has 7 nitrogen and oxygen atoms in total. The maximum Gasteiger partial charge on any atom is 0.243 e. The number of hydrogen-bond donors (Lipinski definition) is 1. The molecule has 1 N–H and O–H groups in total. The Morgan fingerprint density at radius 3 is 2.18 bits per heavy atom. The zero-order chi connectivity index (χ0) is 28.0. The van der Waals surface area contributed by atoms with Gasteiger partial charge < -0.3 is 10.2 Å². The second-order valence-electron chi connectivity index (χ2n) is 9.54. The third-order valence-corrected chi connectivity index (χ3v) is 8.71. The molecule has 0 aliphatic rings. The third kappa shape index (κ3) is 6.53. The van der Waals surface area contributed by atoms with Crippen molar-refractivity contribution in [1.29, 1.82) is 0 Å². The Balaban J connectivity index is 1.66. The first kappa shape index (κ1) is 28.0. The number of amides is 2. The fourth-order valence-electron chi connectivity index (χ4n) is 4.57. The molecule has 4 aromatic carbocycles. The van der Waals surface area contributed by atoms with E-state index < -0.39 is 28.5 Å². The summed E-state index contributed by atoms with van der Waals surface area (Å²) in [5.74, 6) is -0.782. The average Bonchev–Trinajstić information content (AvgIpc) is 2.95. The van der Waals surface area contributed by atoms with Crippen LogP contribution in [0.3, 0.4) is 0 Å². The SMILES string of the molecule is CNC(=O)C(Cc1ccccc1)N(Cc1ccccc1C)C(=O)CN(C)S(=O)(=O)c1ccc2ccccc2c1. The molecule has 0 saturated carbocycles. The van der Waals surface area contributed by atoms with E-state index in [1.807, 2.05) is 85.8 Å². The van der Waals surface area contributed by atoms with Crippen molar-refractivity contribution >= 4 is 32.6 Å². The Morgan fingerprint density at radius 1 is 0.846 bits per heavy atom. The normalized spacial score (nSPS) is 12.3. The second-order valence-corrected chi connectivity index (χ2v) is 11.6. The van der Waals surface area contributed by atoms with E-state index in [2.05, 4.69) is 5.32 Å². The summed E-state index contributed by atoms with van der Waals surface area (Å²) in [6.45, 7) is 1.70. The summed E-state index contributed by atoms with van der Waals surface area (Å²) in [4.78, 5) is 28.6. The van der Waals surface area contributed by atoms with Gasteiger partial charge in [0.25, 0.3) is 0 Å². The van der Waals surface area contributed by atoms with Crippen LogP contribution in [0.15, 0.2) is 102 Å². The molecule has 1 unspecified atom stereocenters. The average molecular weight is 544 g/mol. The van der Waals surface area contributed by atoms with Gasteiger partial charge in [-0.15, -0.1) is 0 Å². The number of aryl methyl sites for hydroxylation is 1. The number of benzene rings is 4. The summed E-state index contributed by atoms with van der Waals surface area (Å²) in [6.07, 6.45) is 0.291. The largest absolute Gasteiger partial charge is 0.357 e. The molecule has 0 bridgehead atoms. The molecule has 1 atom stereocenters. The molecule has 4 aromatic rings. The lowest BCUT2D eigenvalue weighted by Gasteiger charge is -2.32. The zero-order valence-corrected chi connectivity index (χ0v) is 23.2. The number of nitrogens with zero attached hydrogens (tertiary/aromatic N) is 2. The van der Waals surface area contributed by atoms with Crippen molar-refractivity contribution in [3.63, 3.8) is 0 Å². The fourth-order valence-corrected chi connectivity index (χ4v) is 5.72. The molecule has 0 saturated heterocycles. The summed E-state index contributed by atoms with van der Waals surface area (Å²) < 4.78 is 28.0. The first-order valence-corrected chi connectivity index (χ1v) is 14.2. The smallest absolute Gasteiger partial charge is 0.243 e. The summed E-state index contributed by atoms with van der Waals surface area (Å²) in [7, 11) is -1.04. The quantitative estimate of drug-likeness (QED) is 0.326. The van der Waals surface area contributed by atoms with E-state index in [0.717, 1.165) is 31.8 Å². The Hall–Kier alpha value is -4.01. The summed E-state index contributed by atoms with van der Waals surface area (Å²) >= 11 is 0. The predicted molar refractivity (Wildman–Crippen MR) is 153 cm³/mol. The summed E-state index contributed by atoms with van der Waals surface area (Å²) in [6, 6.07) is 28.7. The minimum atomic E-state index is -3.97. The number of carbonyl (C=O) groups excluding carboxylic acids is 2. The molecule has 0 heterocycles. The third-order valence-electron chi connectivity index (χ3n) is 6.91. The van der Waals surface area contributed by atoms with E-state index in [0.29, 0.717) is 6.42 Å². The first-order valence-electron chi connectivity index (χ1n) is 12.8. The number of sulfonamides is 1. The van der Waals surface area contributed by atoms with Gasteiger partial charge in [0, 0.05) is 27.1 Å². The van der Waals surface area contributed by atoms with Crippen molar-refractivity contribution in [2.45, 2.75) is 30.8 Å². The van der Waals surface area contributed by atoms with Crippen LogP contribution in [0.25, 0.3) is 10.8 Å². The molecule has 0 radical (unpaired) electrons. The van der Waals surface area contributed by atoms with Crippen molar-refractivity contribution in [2.24, 2.45) is 0 Å². The Bertz CT molecular complexity index is 1570. The van der Waals surface area contributed by atoms with Crippen LogP contribution in [0.4, 0.5) is 0 Å². The highest BCUT2D eigenvalue weighted by molar-refractivity contribution is 7.89. The number of fused-ring (bicyclic) bond motifs is 1. The minimum Gasteiger partial charge on any atom is -0.357 e. The lowest BCUT2D eigenvalue weighted by atomic mass is 10.0. The maximum absolute atomic E-state index is 13.9. The van der Waals surface area contributed by atoms with Crippen molar-refractivity contribution in [3.05, 3.63) is 114 Å². The molecule has 4 rings (SSSR count). The van der Waals surface area contributed by atoms with Crippen molar-refractivity contribution < 1.29 is 18.0 Å². The monoisotopic (exact) mass is 543 g/mol. The van der Waals surface area contributed by atoms with Gasteiger partial charge in [-0.05, 0) is 46.5 Å². The number of nitrogens with one attached hydrogen (secondary N) is 1.